The molecule has 0 saturated carbocycles. The second kappa shape index (κ2) is 8.06. The van der Waals surface area contributed by atoms with Gasteiger partial charge in [0.15, 0.2) is 0 Å². The first-order chi connectivity index (χ1) is 13.6. The number of piperidine rings is 1. The molecule has 28 heavy (non-hydrogen) atoms. The van der Waals surface area contributed by atoms with E-state index >= 15 is 0 Å². The fourth-order valence-electron chi connectivity index (χ4n) is 4.29. The molecule has 0 unspecified atom stereocenters. The molecular formula is C27H29N. The van der Waals surface area contributed by atoms with Gasteiger partial charge in [-0.25, -0.2) is 0 Å². The summed E-state index contributed by atoms with van der Waals surface area (Å²) >= 11 is 0. The van der Waals surface area contributed by atoms with Crippen molar-refractivity contribution in [2.45, 2.75) is 32.6 Å². The molecule has 1 fully saturated rings. The highest BCUT2D eigenvalue weighted by molar-refractivity contribution is 5.68. The van der Waals surface area contributed by atoms with Gasteiger partial charge in [0, 0.05) is 18.8 Å². The van der Waals surface area contributed by atoms with Crippen LogP contribution in [0.2, 0.25) is 0 Å². The van der Waals surface area contributed by atoms with Crippen molar-refractivity contribution in [1.82, 2.24) is 4.90 Å². The molecule has 1 aliphatic rings. The summed E-state index contributed by atoms with van der Waals surface area (Å²) in [7, 11) is 0. The largest absolute Gasteiger partial charge is 0.371 e. The standard InChI is InChI=1S/C27H29N/c1-20-8-7-11-27(21(20)2)26-14-12-24(13-15-26)25-16-18-28(19-17-25)22(3)23-9-5-4-6-10-23/h4-15,25H,3,16-19H2,1-2H3. The van der Waals surface area contributed by atoms with Gasteiger partial charge in [0.05, 0.1) is 0 Å². The molecule has 142 valence electrons. The lowest BCUT2D eigenvalue weighted by Crippen LogP contribution is -2.31. The average Bonchev–Trinajstić information content (AvgIpc) is 2.76. The van der Waals surface area contributed by atoms with Crippen LogP contribution in [0, 0.1) is 13.8 Å². The Hall–Kier alpha value is -2.80. The van der Waals surface area contributed by atoms with E-state index in [1.54, 1.807) is 0 Å². The minimum Gasteiger partial charge on any atom is -0.371 e. The summed E-state index contributed by atoms with van der Waals surface area (Å²) in [5.74, 6) is 0.646. The second-order valence-corrected chi connectivity index (χ2v) is 7.94. The van der Waals surface area contributed by atoms with Crippen LogP contribution in [0.25, 0.3) is 16.8 Å². The smallest absolute Gasteiger partial charge is 0.0366 e. The van der Waals surface area contributed by atoms with Gasteiger partial charge < -0.3 is 4.90 Å². The molecule has 1 aliphatic heterocycles. The highest BCUT2D eigenvalue weighted by Gasteiger charge is 2.22. The topological polar surface area (TPSA) is 3.24 Å². The Morgan fingerprint density at radius 1 is 0.821 bits per heavy atom. The number of rotatable bonds is 4. The molecule has 1 heterocycles. The molecule has 1 nitrogen and oxygen atoms in total. The van der Waals surface area contributed by atoms with Crippen LogP contribution in [0.4, 0.5) is 0 Å². The van der Waals surface area contributed by atoms with E-state index in [9.17, 15) is 0 Å². The molecule has 0 N–H and O–H groups in total. The van der Waals surface area contributed by atoms with Gasteiger partial charge in [0.1, 0.15) is 0 Å². The lowest BCUT2D eigenvalue weighted by atomic mass is 9.87. The molecule has 0 aromatic heterocycles. The number of benzene rings is 3. The predicted octanol–water partition coefficient (Wildman–Crippen LogP) is 6.82. The van der Waals surface area contributed by atoms with Crippen molar-refractivity contribution in [3.8, 4) is 11.1 Å². The van der Waals surface area contributed by atoms with E-state index in [4.69, 9.17) is 0 Å². The summed E-state index contributed by atoms with van der Waals surface area (Å²) in [4.78, 5) is 2.44. The monoisotopic (exact) mass is 367 g/mol. The lowest BCUT2D eigenvalue weighted by molar-refractivity contribution is 0.299. The number of hydrogen-bond donors (Lipinski definition) is 0. The van der Waals surface area contributed by atoms with Crippen LogP contribution in [-0.4, -0.2) is 18.0 Å². The molecule has 1 heteroatoms. The van der Waals surface area contributed by atoms with Gasteiger partial charge in [-0.15, -0.1) is 0 Å². The normalized spacial score (nSPS) is 14.9. The zero-order valence-electron chi connectivity index (χ0n) is 17.0. The maximum absolute atomic E-state index is 4.33. The van der Waals surface area contributed by atoms with Gasteiger partial charge in [0.2, 0.25) is 0 Å². The van der Waals surface area contributed by atoms with Gasteiger partial charge >= 0.3 is 0 Å². The average molecular weight is 368 g/mol. The maximum atomic E-state index is 4.33. The van der Waals surface area contributed by atoms with Crippen LogP contribution in [0.15, 0.2) is 79.4 Å². The highest BCUT2D eigenvalue weighted by atomic mass is 15.1. The van der Waals surface area contributed by atoms with Crippen molar-refractivity contribution < 1.29 is 0 Å². The molecule has 0 radical (unpaired) electrons. The van der Waals surface area contributed by atoms with E-state index in [0.29, 0.717) is 5.92 Å². The molecule has 0 aliphatic carbocycles. The second-order valence-electron chi connectivity index (χ2n) is 7.94. The van der Waals surface area contributed by atoms with Crippen LogP contribution < -0.4 is 0 Å². The van der Waals surface area contributed by atoms with Gasteiger partial charge in [-0.05, 0) is 66.0 Å². The predicted molar refractivity (Wildman–Crippen MR) is 120 cm³/mol. The molecule has 3 aromatic rings. The number of likely N-dealkylation sites (tertiary alicyclic amines) is 1. The minimum absolute atomic E-state index is 0.646. The highest BCUT2D eigenvalue weighted by Crippen LogP contribution is 2.33. The van der Waals surface area contributed by atoms with Crippen molar-refractivity contribution in [2.24, 2.45) is 0 Å². The van der Waals surface area contributed by atoms with E-state index in [2.05, 4.69) is 98.1 Å². The molecule has 1 saturated heterocycles. The van der Waals surface area contributed by atoms with E-state index in [-0.39, 0.29) is 0 Å². The molecule has 0 atom stereocenters. The molecular weight excluding hydrogens is 338 g/mol. The van der Waals surface area contributed by atoms with Gasteiger partial charge in [0.25, 0.3) is 0 Å². The summed E-state index contributed by atoms with van der Waals surface area (Å²) in [6, 6.07) is 26.4. The van der Waals surface area contributed by atoms with Gasteiger partial charge in [-0.3, -0.25) is 0 Å². The lowest BCUT2D eigenvalue weighted by Gasteiger charge is -2.35. The Morgan fingerprint density at radius 3 is 2.18 bits per heavy atom. The third-order valence-electron chi connectivity index (χ3n) is 6.28. The summed E-state index contributed by atoms with van der Waals surface area (Å²) in [6.45, 7) is 10.9. The number of nitrogens with zero attached hydrogens (tertiary/aromatic N) is 1. The first-order valence-corrected chi connectivity index (χ1v) is 10.3. The van der Waals surface area contributed by atoms with Crippen LogP contribution in [0.5, 0.6) is 0 Å². The van der Waals surface area contributed by atoms with E-state index in [1.807, 2.05) is 0 Å². The maximum Gasteiger partial charge on any atom is 0.0366 e. The fraction of sp³-hybridized carbons (Fsp3) is 0.259. The zero-order valence-corrected chi connectivity index (χ0v) is 17.0. The zero-order chi connectivity index (χ0) is 19.5. The summed E-state index contributed by atoms with van der Waals surface area (Å²) in [5.41, 5.74) is 9.26. The van der Waals surface area contributed by atoms with Crippen molar-refractivity contribution in [3.63, 3.8) is 0 Å². The number of aryl methyl sites for hydroxylation is 1. The van der Waals surface area contributed by atoms with Crippen molar-refractivity contribution in [1.29, 1.82) is 0 Å². The van der Waals surface area contributed by atoms with Crippen LogP contribution >= 0.6 is 0 Å². The molecule has 0 bridgehead atoms. The van der Waals surface area contributed by atoms with E-state index < -0.39 is 0 Å². The minimum atomic E-state index is 0.646. The Balaban J connectivity index is 1.42. The van der Waals surface area contributed by atoms with Crippen LogP contribution in [-0.2, 0) is 0 Å². The summed E-state index contributed by atoms with van der Waals surface area (Å²) < 4.78 is 0. The van der Waals surface area contributed by atoms with E-state index in [1.165, 1.54) is 46.2 Å². The fourth-order valence-corrected chi connectivity index (χ4v) is 4.29. The SMILES string of the molecule is C=C(c1ccccc1)N1CCC(c2ccc(-c3cccc(C)c3C)cc2)CC1. The third kappa shape index (κ3) is 3.75. The quantitative estimate of drug-likeness (QED) is 0.489. The Labute approximate surface area is 169 Å². The Morgan fingerprint density at radius 2 is 1.50 bits per heavy atom. The Bertz CT molecular complexity index is 945. The third-order valence-corrected chi connectivity index (χ3v) is 6.28. The molecule has 3 aromatic carbocycles. The summed E-state index contributed by atoms with van der Waals surface area (Å²) in [5, 5.41) is 0. The summed E-state index contributed by atoms with van der Waals surface area (Å²) in [6.07, 6.45) is 2.38. The van der Waals surface area contributed by atoms with Crippen molar-refractivity contribution >= 4 is 5.70 Å². The van der Waals surface area contributed by atoms with Crippen LogP contribution in [0.3, 0.4) is 0 Å². The molecule has 4 rings (SSSR count). The Kier molecular flexibility index (Phi) is 5.34. The number of hydrogen-bond acceptors (Lipinski definition) is 1. The van der Waals surface area contributed by atoms with Crippen molar-refractivity contribution in [2.75, 3.05) is 13.1 Å². The van der Waals surface area contributed by atoms with Crippen molar-refractivity contribution in [3.05, 3.63) is 102 Å². The van der Waals surface area contributed by atoms with Gasteiger partial charge in [-0.2, -0.15) is 0 Å². The molecule has 0 spiro atoms. The molecule has 0 amide bonds. The first kappa shape index (κ1) is 18.6. The van der Waals surface area contributed by atoms with Crippen LogP contribution in [0.1, 0.15) is 41.0 Å². The first-order valence-electron chi connectivity index (χ1n) is 10.3. The van der Waals surface area contributed by atoms with Gasteiger partial charge in [-0.1, -0.05) is 79.4 Å². The van der Waals surface area contributed by atoms with E-state index in [0.717, 1.165) is 18.8 Å².